The Hall–Kier alpha value is -1.34. The van der Waals surface area contributed by atoms with Crippen LogP contribution in [0.25, 0.3) is 0 Å². The van der Waals surface area contributed by atoms with E-state index in [1.807, 2.05) is 7.05 Å². The molecule has 1 aliphatic heterocycles. The molecule has 0 aromatic heterocycles. The van der Waals surface area contributed by atoms with Gasteiger partial charge < -0.3 is 25.4 Å². The van der Waals surface area contributed by atoms with Crippen LogP contribution in [0.3, 0.4) is 0 Å². The van der Waals surface area contributed by atoms with Gasteiger partial charge in [-0.3, -0.25) is 0 Å². The Balaban J connectivity index is 2.39. The van der Waals surface area contributed by atoms with Crippen LogP contribution in [0.4, 0.5) is 4.79 Å². The van der Waals surface area contributed by atoms with Gasteiger partial charge in [0.25, 0.3) is 0 Å². The molecular weight excluding hydrogens is 274 g/mol. The quantitative estimate of drug-likeness (QED) is 0.642. The van der Waals surface area contributed by atoms with Gasteiger partial charge in [0.1, 0.15) is 5.54 Å². The monoisotopic (exact) mass is 301 g/mol. The van der Waals surface area contributed by atoms with E-state index < -0.39 is 17.5 Å². The average molecular weight is 301 g/mol. The molecule has 122 valence electrons. The average Bonchev–Trinajstić information content (AvgIpc) is 2.46. The van der Waals surface area contributed by atoms with Gasteiger partial charge in [-0.15, -0.1) is 0 Å². The fourth-order valence-electron chi connectivity index (χ4n) is 2.25. The minimum Gasteiger partial charge on any atom is -0.480 e. The molecule has 0 spiro atoms. The molecule has 1 aliphatic rings. The minimum atomic E-state index is -1.20. The van der Waals surface area contributed by atoms with Crippen molar-refractivity contribution >= 4 is 12.0 Å². The van der Waals surface area contributed by atoms with Crippen molar-refractivity contribution in [3.05, 3.63) is 0 Å². The van der Waals surface area contributed by atoms with Gasteiger partial charge in [0.2, 0.25) is 0 Å². The number of carboxylic acids is 1. The van der Waals surface area contributed by atoms with E-state index in [9.17, 15) is 14.7 Å². The van der Waals surface area contributed by atoms with Crippen LogP contribution in [0.1, 0.15) is 33.1 Å². The molecule has 1 rings (SSSR count). The van der Waals surface area contributed by atoms with Crippen molar-refractivity contribution in [2.24, 2.45) is 0 Å². The SMILES string of the molecule is CCC(C)N(C)CCNC(=O)NC1(C(=O)O)CCOCC1. The zero-order valence-electron chi connectivity index (χ0n) is 13.1. The Morgan fingerprint density at radius 1 is 1.38 bits per heavy atom. The Labute approximate surface area is 126 Å². The predicted molar refractivity (Wildman–Crippen MR) is 79.3 cm³/mol. The number of rotatable bonds is 7. The number of carbonyl (C=O) groups excluding carboxylic acids is 1. The molecule has 21 heavy (non-hydrogen) atoms. The summed E-state index contributed by atoms with van der Waals surface area (Å²) in [6.07, 6.45) is 1.63. The maximum absolute atomic E-state index is 11.9. The summed E-state index contributed by atoms with van der Waals surface area (Å²) < 4.78 is 5.17. The molecule has 7 nitrogen and oxygen atoms in total. The summed E-state index contributed by atoms with van der Waals surface area (Å²) in [7, 11) is 2.00. The highest BCUT2D eigenvalue weighted by Gasteiger charge is 2.41. The molecule has 0 aliphatic carbocycles. The Kier molecular flexibility index (Phi) is 6.91. The van der Waals surface area contributed by atoms with E-state index in [-0.39, 0.29) is 0 Å². The summed E-state index contributed by atoms with van der Waals surface area (Å²) in [5.41, 5.74) is -1.20. The van der Waals surface area contributed by atoms with Crippen LogP contribution in [0.5, 0.6) is 0 Å². The summed E-state index contributed by atoms with van der Waals surface area (Å²) in [5.74, 6) is -1.00. The Morgan fingerprint density at radius 3 is 2.52 bits per heavy atom. The van der Waals surface area contributed by atoms with Gasteiger partial charge in [0, 0.05) is 45.2 Å². The van der Waals surface area contributed by atoms with Crippen LogP contribution in [-0.2, 0) is 9.53 Å². The van der Waals surface area contributed by atoms with Crippen LogP contribution >= 0.6 is 0 Å². The van der Waals surface area contributed by atoms with Crippen LogP contribution in [0.15, 0.2) is 0 Å². The normalized spacial score (nSPS) is 19.0. The van der Waals surface area contributed by atoms with Gasteiger partial charge in [-0.25, -0.2) is 9.59 Å². The van der Waals surface area contributed by atoms with Gasteiger partial charge in [0.15, 0.2) is 0 Å². The van der Waals surface area contributed by atoms with Crippen molar-refractivity contribution in [2.45, 2.75) is 44.7 Å². The van der Waals surface area contributed by atoms with Crippen LogP contribution in [-0.4, -0.2) is 66.9 Å². The Morgan fingerprint density at radius 2 is 2.00 bits per heavy atom. The topological polar surface area (TPSA) is 90.9 Å². The lowest BCUT2D eigenvalue weighted by molar-refractivity contribution is -0.148. The summed E-state index contributed by atoms with van der Waals surface area (Å²) in [4.78, 5) is 25.5. The highest BCUT2D eigenvalue weighted by atomic mass is 16.5. The van der Waals surface area contributed by atoms with E-state index >= 15 is 0 Å². The number of hydrogen-bond donors (Lipinski definition) is 3. The van der Waals surface area contributed by atoms with E-state index in [1.165, 1.54) is 0 Å². The molecule has 0 aromatic rings. The van der Waals surface area contributed by atoms with Crippen molar-refractivity contribution in [3.63, 3.8) is 0 Å². The number of urea groups is 1. The number of carbonyl (C=O) groups is 2. The second-order valence-electron chi connectivity index (χ2n) is 5.62. The molecule has 1 atom stereocenters. The molecule has 2 amide bonds. The third-order valence-corrected chi connectivity index (χ3v) is 4.20. The summed E-state index contributed by atoms with van der Waals surface area (Å²) in [5, 5.41) is 14.7. The van der Waals surface area contributed by atoms with Gasteiger partial charge in [-0.2, -0.15) is 0 Å². The lowest BCUT2D eigenvalue weighted by Crippen LogP contribution is -2.60. The van der Waals surface area contributed by atoms with Crippen molar-refractivity contribution in [1.82, 2.24) is 15.5 Å². The summed E-state index contributed by atoms with van der Waals surface area (Å²) in [6, 6.07) is 0.0209. The predicted octanol–water partition coefficient (Wildman–Crippen LogP) is 0.650. The molecule has 1 saturated heterocycles. The van der Waals surface area contributed by atoms with Crippen molar-refractivity contribution in [3.8, 4) is 0 Å². The van der Waals surface area contributed by atoms with Gasteiger partial charge in [-0.1, -0.05) is 6.92 Å². The van der Waals surface area contributed by atoms with Crippen LogP contribution in [0, 0.1) is 0 Å². The first-order valence-electron chi connectivity index (χ1n) is 7.48. The molecule has 0 aromatic carbocycles. The van der Waals surface area contributed by atoms with Crippen molar-refractivity contribution < 1.29 is 19.4 Å². The second-order valence-corrected chi connectivity index (χ2v) is 5.62. The first kappa shape index (κ1) is 17.7. The molecule has 1 heterocycles. The number of nitrogens with one attached hydrogen (secondary N) is 2. The number of carboxylic acid groups (broad SMARTS) is 1. The molecule has 0 radical (unpaired) electrons. The largest absolute Gasteiger partial charge is 0.480 e. The van der Waals surface area contributed by atoms with Gasteiger partial charge >= 0.3 is 12.0 Å². The third kappa shape index (κ3) is 5.17. The highest BCUT2D eigenvalue weighted by Crippen LogP contribution is 2.20. The van der Waals surface area contributed by atoms with Crippen molar-refractivity contribution in [1.29, 1.82) is 0 Å². The number of aliphatic carboxylic acids is 1. The number of hydrogen-bond acceptors (Lipinski definition) is 4. The zero-order valence-corrected chi connectivity index (χ0v) is 13.1. The van der Waals surface area contributed by atoms with E-state index in [1.54, 1.807) is 0 Å². The molecule has 0 bridgehead atoms. The maximum atomic E-state index is 11.9. The Bertz CT molecular complexity index is 356. The van der Waals surface area contributed by atoms with Gasteiger partial charge in [0.05, 0.1) is 0 Å². The lowest BCUT2D eigenvalue weighted by Gasteiger charge is -2.34. The minimum absolute atomic E-state index is 0.294. The fourth-order valence-corrected chi connectivity index (χ4v) is 2.25. The molecular formula is C14H27N3O4. The zero-order chi connectivity index (χ0) is 15.9. The molecule has 3 N–H and O–H groups in total. The number of ether oxygens (including phenoxy) is 1. The second kappa shape index (κ2) is 8.19. The molecule has 1 unspecified atom stereocenters. The first-order chi connectivity index (χ1) is 9.91. The number of nitrogens with zero attached hydrogens (tertiary/aromatic N) is 1. The standard InChI is InChI=1S/C14H27N3O4/c1-4-11(2)17(3)8-7-15-13(20)16-14(12(18)19)5-9-21-10-6-14/h11H,4-10H2,1-3H3,(H,18,19)(H2,15,16,20). The maximum Gasteiger partial charge on any atom is 0.329 e. The molecule has 0 saturated carbocycles. The van der Waals surface area contributed by atoms with Crippen LogP contribution < -0.4 is 10.6 Å². The van der Waals surface area contributed by atoms with Crippen molar-refractivity contribution in [2.75, 3.05) is 33.4 Å². The third-order valence-electron chi connectivity index (χ3n) is 4.20. The van der Waals surface area contributed by atoms with E-state index in [2.05, 4.69) is 29.4 Å². The molecule has 7 heteroatoms. The lowest BCUT2D eigenvalue weighted by atomic mass is 9.90. The van der Waals surface area contributed by atoms with Crippen LogP contribution in [0.2, 0.25) is 0 Å². The molecule has 1 fully saturated rings. The summed E-state index contributed by atoms with van der Waals surface area (Å²) >= 11 is 0. The van der Waals surface area contributed by atoms with E-state index in [0.717, 1.165) is 13.0 Å². The van der Waals surface area contributed by atoms with E-state index in [0.29, 0.717) is 38.6 Å². The van der Waals surface area contributed by atoms with E-state index in [4.69, 9.17) is 4.74 Å². The highest BCUT2D eigenvalue weighted by molar-refractivity contribution is 5.86. The smallest absolute Gasteiger partial charge is 0.329 e. The first-order valence-corrected chi connectivity index (χ1v) is 7.48. The summed E-state index contributed by atoms with van der Waals surface area (Å²) in [6.45, 7) is 6.15. The fraction of sp³-hybridized carbons (Fsp3) is 0.857. The number of likely N-dealkylation sites (N-methyl/N-ethyl adjacent to an activating group) is 1. The van der Waals surface area contributed by atoms with Gasteiger partial charge in [-0.05, 0) is 20.4 Å². The number of amides is 2.